The van der Waals surface area contributed by atoms with Crippen molar-refractivity contribution in [1.29, 1.82) is 0 Å². The van der Waals surface area contributed by atoms with Gasteiger partial charge < -0.3 is 15.4 Å². The van der Waals surface area contributed by atoms with E-state index in [1.165, 1.54) is 14.1 Å². The number of amides is 2. The fourth-order valence-electron chi connectivity index (χ4n) is 2.00. The molecule has 0 aliphatic rings. The second kappa shape index (κ2) is 8.97. The maximum Gasteiger partial charge on any atom is 0.315 e. The predicted molar refractivity (Wildman–Crippen MR) is 99.7 cm³/mol. The van der Waals surface area contributed by atoms with Crippen LogP contribution in [0.1, 0.15) is 17.4 Å². The molecule has 0 radical (unpaired) electrons. The van der Waals surface area contributed by atoms with Gasteiger partial charge in [0.05, 0.1) is 13.2 Å². The van der Waals surface area contributed by atoms with Gasteiger partial charge in [0.15, 0.2) is 0 Å². The van der Waals surface area contributed by atoms with Crippen molar-refractivity contribution in [3.05, 3.63) is 40.9 Å². The molecule has 8 nitrogen and oxygen atoms in total. The van der Waals surface area contributed by atoms with Crippen molar-refractivity contribution in [1.82, 2.24) is 19.9 Å². The zero-order chi connectivity index (χ0) is 19.2. The minimum Gasteiger partial charge on any atom is -0.478 e. The summed E-state index contributed by atoms with van der Waals surface area (Å²) in [6.45, 7) is 2.88. The third-order valence-electron chi connectivity index (χ3n) is 3.37. The molecule has 0 aliphatic carbocycles. The van der Waals surface area contributed by atoms with Crippen LogP contribution in [0, 0.1) is 0 Å². The number of nitrogens with one attached hydrogen (secondary N) is 2. The van der Waals surface area contributed by atoms with Gasteiger partial charge in [-0.25, -0.2) is 22.5 Å². The van der Waals surface area contributed by atoms with Gasteiger partial charge in [-0.15, -0.1) is 11.3 Å². The molecular formula is C16H22N4O4S2. The minimum absolute atomic E-state index is 0.241. The number of aromatic nitrogens is 1. The van der Waals surface area contributed by atoms with Crippen LogP contribution in [-0.2, 0) is 23.1 Å². The largest absolute Gasteiger partial charge is 0.478 e. The van der Waals surface area contributed by atoms with Gasteiger partial charge in [-0.05, 0) is 25.1 Å². The minimum atomic E-state index is -3.45. The van der Waals surface area contributed by atoms with E-state index in [2.05, 4.69) is 15.6 Å². The summed E-state index contributed by atoms with van der Waals surface area (Å²) < 4.78 is 30.9. The molecule has 2 aromatic rings. The fourth-order valence-corrected chi connectivity index (χ4v) is 4.47. The summed E-state index contributed by atoms with van der Waals surface area (Å²) in [5.74, 6) is 0.493. The summed E-state index contributed by atoms with van der Waals surface area (Å²) in [6, 6.07) is 6.47. The summed E-state index contributed by atoms with van der Waals surface area (Å²) in [5, 5.41) is 5.44. The molecule has 2 heterocycles. The van der Waals surface area contributed by atoms with Crippen molar-refractivity contribution in [2.24, 2.45) is 0 Å². The molecule has 142 valence electrons. The molecule has 0 unspecified atom stereocenters. The molecule has 0 bridgehead atoms. The Bertz CT molecular complexity index is 849. The molecule has 2 amide bonds. The van der Waals surface area contributed by atoms with Crippen molar-refractivity contribution >= 4 is 27.4 Å². The maximum atomic E-state index is 12.0. The number of nitrogens with zero attached hydrogens (tertiary/aromatic N) is 2. The number of thiophene rings is 1. The van der Waals surface area contributed by atoms with Gasteiger partial charge >= 0.3 is 6.03 Å². The van der Waals surface area contributed by atoms with Crippen LogP contribution in [0.4, 0.5) is 4.79 Å². The van der Waals surface area contributed by atoms with Gasteiger partial charge in [0.1, 0.15) is 4.21 Å². The number of urea groups is 1. The summed E-state index contributed by atoms with van der Waals surface area (Å²) in [4.78, 5) is 16.8. The number of pyridine rings is 1. The molecule has 0 aromatic carbocycles. The van der Waals surface area contributed by atoms with Gasteiger partial charge in [-0.3, -0.25) is 0 Å². The van der Waals surface area contributed by atoms with Crippen LogP contribution in [-0.4, -0.2) is 44.4 Å². The second-order valence-electron chi connectivity index (χ2n) is 5.45. The Morgan fingerprint density at radius 3 is 2.65 bits per heavy atom. The SMILES string of the molecule is CCOc1ncccc1CNC(=O)NCc1ccc(S(=O)(=O)N(C)C)s1. The monoisotopic (exact) mass is 398 g/mol. The lowest BCUT2D eigenvalue weighted by molar-refractivity contribution is 0.240. The number of carbonyl (C=O) groups excluding carboxylic acids is 1. The van der Waals surface area contributed by atoms with E-state index in [1.54, 1.807) is 24.4 Å². The van der Waals surface area contributed by atoms with Gasteiger partial charge in [0.2, 0.25) is 5.88 Å². The van der Waals surface area contributed by atoms with Crippen molar-refractivity contribution in [2.75, 3.05) is 20.7 Å². The third kappa shape index (κ3) is 5.16. The van der Waals surface area contributed by atoms with E-state index in [1.807, 2.05) is 13.0 Å². The molecule has 2 aromatic heterocycles. The van der Waals surface area contributed by atoms with Crippen LogP contribution in [0.2, 0.25) is 0 Å². The standard InChI is InChI=1S/C16H22N4O4S2/c1-4-24-15-12(6-5-9-17-15)10-18-16(21)19-11-13-7-8-14(25-13)26(22,23)20(2)3/h5-9H,4,10-11H2,1-3H3,(H2,18,19,21). The Morgan fingerprint density at radius 2 is 1.96 bits per heavy atom. The first-order valence-corrected chi connectivity index (χ1v) is 10.2. The Morgan fingerprint density at radius 1 is 1.23 bits per heavy atom. The van der Waals surface area contributed by atoms with E-state index in [-0.39, 0.29) is 23.3 Å². The molecule has 10 heteroatoms. The number of ether oxygens (including phenoxy) is 1. The van der Waals surface area contributed by atoms with Crippen molar-refractivity contribution in [3.8, 4) is 5.88 Å². The topological polar surface area (TPSA) is 101 Å². The number of hydrogen-bond acceptors (Lipinski definition) is 6. The number of rotatable bonds is 8. The summed E-state index contributed by atoms with van der Waals surface area (Å²) >= 11 is 1.13. The molecule has 2 rings (SSSR count). The van der Waals surface area contributed by atoms with Crippen LogP contribution >= 0.6 is 11.3 Å². The normalized spacial score (nSPS) is 11.4. The molecule has 0 saturated carbocycles. The zero-order valence-corrected chi connectivity index (χ0v) is 16.5. The molecular weight excluding hydrogens is 376 g/mol. The molecule has 26 heavy (non-hydrogen) atoms. The fraction of sp³-hybridized carbons (Fsp3) is 0.375. The highest BCUT2D eigenvalue weighted by atomic mass is 32.2. The average molecular weight is 399 g/mol. The second-order valence-corrected chi connectivity index (χ2v) is 8.99. The number of sulfonamides is 1. The molecule has 0 aliphatic heterocycles. The van der Waals surface area contributed by atoms with E-state index >= 15 is 0 Å². The zero-order valence-electron chi connectivity index (χ0n) is 14.9. The van der Waals surface area contributed by atoms with E-state index in [0.717, 1.165) is 26.1 Å². The summed E-state index contributed by atoms with van der Waals surface area (Å²) in [7, 11) is -0.485. The Hall–Kier alpha value is -2.17. The van der Waals surface area contributed by atoms with E-state index in [0.29, 0.717) is 12.5 Å². The lowest BCUT2D eigenvalue weighted by Crippen LogP contribution is -2.34. The van der Waals surface area contributed by atoms with Gasteiger partial charge in [0.25, 0.3) is 10.0 Å². The van der Waals surface area contributed by atoms with Gasteiger partial charge in [-0.2, -0.15) is 0 Å². The van der Waals surface area contributed by atoms with Crippen LogP contribution in [0.15, 0.2) is 34.7 Å². The Labute approximate surface area is 157 Å². The lowest BCUT2D eigenvalue weighted by atomic mass is 10.2. The number of carbonyl (C=O) groups is 1. The van der Waals surface area contributed by atoms with Crippen LogP contribution in [0.25, 0.3) is 0 Å². The van der Waals surface area contributed by atoms with Crippen molar-refractivity contribution in [2.45, 2.75) is 24.2 Å². The Balaban J connectivity index is 1.87. The highest BCUT2D eigenvalue weighted by molar-refractivity contribution is 7.91. The molecule has 0 spiro atoms. The van der Waals surface area contributed by atoms with Crippen molar-refractivity contribution < 1.29 is 17.9 Å². The highest BCUT2D eigenvalue weighted by Gasteiger charge is 2.19. The van der Waals surface area contributed by atoms with Crippen molar-refractivity contribution in [3.63, 3.8) is 0 Å². The van der Waals surface area contributed by atoms with Crippen LogP contribution < -0.4 is 15.4 Å². The average Bonchev–Trinajstić information content (AvgIpc) is 3.09. The summed E-state index contributed by atoms with van der Waals surface area (Å²) in [6.07, 6.45) is 1.63. The van der Waals surface area contributed by atoms with E-state index in [4.69, 9.17) is 4.74 Å². The highest BCUT2D eigenvalue weighted by Crippen LogP contribution is 2.23. The van der Waals surface area contributed by atoms with E-state index < -0.39 is 10.0 Å². The third-order valence-corrected chi connectivity index (χ3v) is 6.73. The van der Waals surface area contributed by atoms with Crippen LogP contribution in [0.5, 0.6) is 5.88 Å². The first-order valence-electron chi connectivity index (χ1n) is 7.94. The van der Waals surface area contributed by atoms with Gasteiger partial charge in [-0.1, -0.05) is 6.07 Å². The quantitative estimate of drug-likeness (QED) is 0.706. The number of hydrogen-bond donors (Lipinski definition) is 2. The van der Waals surface area contributed by atoms with Crippen LogP contribution in [0.3, 0.4) is 0 Å². The molecule has 0 atom stereocenters. The lowest BCUT2D eigenvalue weighted by Gasteiger charge is -2.10. The van der Waals surface area contributed by atoms with E-state index in [9.17, 15) is 13.2 Å². The summed E-state index contributed by atoms with van der Waals surface area (Å²) in [5.41, 5.74) is 0.778. The van der Waals surface area contributed by atoms with Gasteiger partial charge in [0, 0.05) is 37.3 Å². The molecule has 0 saturated heterocycles. The smallest absolute Gasteiger partial charge is 0.315 e. The molecule has 2 N–H and O–H groups in total. The maximum absolute atomic E-state index is 12.0. The molecule has 0 fully saturated rings. The first-order chi connectivity index (χ1) is 12.3. The first kappa shape index (κ1) is 20.1. The Kier molecular flexibility index (Phi) is 6.95. The predicted octanol–water partition coefficient (Wildman–Crippen LogP) is 1.79.